The Labute approximate surface area is 127 Å². The van der Waals surface area contributed by atoms with E-state index in [-0.39, 0.29) is 33.6 Å². The number of ether oxygens (including phenoxy) is 1. The lowest BCUT2D eigenvalue weighted by molar-refractivity contribution is -0.385. The van der Waals surface area contributed by atoms with Gasteiger partial charge in [0.15, 0.2) is 0 Å². The summed E-state index contributed by atoms with van der Waals surface area (Å²) in [6.45, 7) is -0.138. The Morgan fingerprint density at radius 2 is 2.05 bits per heavy atom. The molecule has 2 rings (SSSR count). The first-order chi connectivity index (χ1) is 10.0. The van der Waals surface area contributed by atoms with Crippen LogP contribution in [0.15, 0.2) is 40.9 Å². The van der Waals surface area contributed by atoms with Crippen molar-refractivity contribution in [2.24, 2.45) is 0 Å². The Bertz CT molecular complexity index is 743. The Hall–Kier alpha value is -2.46. The van der Waals surface area contributed by atoms with Gasteiger partial charge in [0, 0.05) is 11.6 Å². The first-order valence-electron chi connectivity index (χ1n) is 5.77. The normalized spacial score (nSPS) is 9.95. The van der Waals surface area contributed by atoms with Crippen LogP contribution in [-0.4, -0.2) is 4.92 Å². The summed E-state index contributed by atoms with van der Waals surface area (Å²) in [5, 5.41) is 19.6. The van der Waals surface area contributed by atoms with Gasteiger partial charge in [0.05, 0.1) is 10.5 Å². The lowest BCUT2D eigenvalue weighted by atomic mass is 10.1. The summed E-state index contributed by atoms with van der Waals surface area (Å²) in [5.74, 6) is -0.424. The second-order valence-electron chi connectivity index (χ2n) is 4.03. The molecule has 21 heavy (non-hydrogen) atoms. The number of nitro groups is 1. The van der Waals surface area contributed by atoms with Crippen LogP contribution in [0.5, 0.6) is 5.75 Å². The van der Waals surface area contributed by atoms with E-state index >= 15 is 0 Å². The van der Waals surface area contributed by atoms with Crippen molar-refractivity contribution in [3.05, 3.63) is 67.9 Å². The molecule has 0 aromatic heterocycles. The molecule has 0 atom stereocenters. The fourth-order valence-electron chi connectivity index (χ4n) is 1.68. The van der Waals surface area contributed by atoms with E-state index < -0.39 is 10.7 Å². The molecular weight excluding hydrogens is 343 g/mol. The van der Waals surface area contributed by atoms with Crippen LogP contribution in [0, 0.1) is 27.3 Å². The van der Waals surface area contributed by atoms with E-state index in [1.165, 1.54) is 30.3 Å². The fourth-order valence-corrected chi connectivity index (χ4v) is 2.21. The highest BCUT2D eigenvalue weighted by Gasteiger charge is 2.16. The van der Waals surface area contributed by atoms with Crippen LogP contribution in [0.1, 0.15) is 11.1 Å². The van der Waals surface area contributed by atoms with Gasteiger partial charge in [0.2, 0.25) is 0 Å². The number of hydrogen-bond donors (Lipinski definition) is 0. The Morgan fingerprint density at radius 1 is 1.33 bits per heavy atom. The van der Waals surface area contributed by atoms with Crippen molar-refractivity contribution < 1.29 is 14.1 Å². The maximum absolute atomic E-state index is 13.9. The molecule has 2 aromatic carbocycles. The summed E-state index contributed by atoms with van der Waals surface area (Å²) in [4.78, 5) is 10.3. The molecule has 0 saturated carbocycles. The number of benzene rings is 2. The number of nitriles is 1. The van der Waals surface area contributed by atoms with Gasteiger partial charge < -0.3 is 4.74 Å². The van der Waals surface area contributed by atoms with Crippen LogP contribution in [0.4, 0.5) is 10.1 Å². The van der Waals surface area contributed by atoms with Crippen molar-refractivity contribution in [1.82, 2.24) is 0 Å². The van der Waals surface area contributed by atoms with E-state index in [9.17, 15) is 14.5 Å². The highest BCUT2D eigenvalue weighted by Crippen LogP contribution is 2.34. The van der Waals surface area contributed by atoms with Crippen LogP contribution in [0.3, 0.4) is 0 Å². The molecule has 0 unspecified atom stereocenters. The first-order valence-corrected chi connectivity index (χ1v) is 6.57. The minimum absolute atomic E-state index is 0.0748. The standard InChI is InChI=1S/C14H8BrFN2O3/c15-13-11(18(19)20)5-2-6-12(13)21-8-10-4-1-3-9(7-17)14(10)16/h1-6H,8H2. The number of halogens is 2. The zero-order valence-electron chi connectivity index (χ0n) is 10.5. The fraction of sp³-hybridized carbons (Fsp3) is 0.0714. The van der Waals surface area contributed by atoms with Gasteiger partial charge in [0.25, 0.3) is 5.69 Å². The monoisotopic (exact) mass is 350 g/mol. The average Bonchev–Trinajstić information content (AvgIpc) is 2.47. The molecule has 106 valence electrons. The molecule has 0 fully saturated rings. The van der Waals surface area contributed by atoms with E-state index in [0.29, 0.717) is 0 Å². The van der Waals surface area contributed by atoms with E-state index in [1.807, 2.05) is 0 Å². The molecule has 0 saturated heterocycles. The molecule has 5 nitrogen and oxygen atoms in total. The van der Waals surface area contributed by atoms with Gasteiger partial charge in [-0.05, 0) is 28.1 Å². The van der Waals surface area contributed by atoms with Crippen molar-refractivity contribution in [1.29, 1.82) is 5.26 Å². The second-order valence-corrected chi connectivity index (χ2v) is 4.82. The van der Waals surface area contributed by atoms with Crippen molar-refractivity contribution in [2.75, 3.05) is 0 Å². The van der Waals surface area contributed by atoms with Crippen LogP contribution in [0.2, 0.25) is 0 Å². The lowest BCUT2D eigenvalue weighted by Gasteiger charge is -2.09. The minimum atomic E-state index is -0.651. The molecule has 0 radical (unpaired) electrons. The van der Waals surface area contributed by atoms with Crippen molar-refractivity contribution in [3.8, 4) is 11.8 Å². The summed E-state index contributed by atoms with van der Waals surface area (Å²) in [6, 6.07) is 10.5. The zero-order valence-corrected chi connectivity index (χ0v) is 12.1. The number of hydrogen-bond acceptors (Lipinski definition) is 4. The summed E-state index contributed by atoms with van der Waals surface area (Å²) in [6.07, 6.45) is 0. The van der Waals surface area contributed by atoms with Gasteiger partial charge in [-0.15, -0.1) is 0 Å². The van der Waals surface area contributed by atoms with E-state index in [4.69, 9.17) is 10.00 Å². The van der Waals surface area contributed by atoms with Gasteiger partial charge in [-0.2, -0.15) is 5.26 Å². The molecular formula is C14H8BrFN2O3. The quantitative estimate of drug-likeness (QED) is 0.617. The Morgan fingerprint density at radius 3 is 2.71 bits per heavy atom. The summed E-state index contributed by atoms with van der Waals surface area (Å²) in [7, 11) is 0. The minimum Gasteiger partial charge on any atom is -0.487 e. The van der Waals surface area contributed by atoms with Crippen LogP contribution >= 0.6 is 15.9 Å². The number of nitrogens with zero attached hydrogens (tertiary/aromatic N) is 2. The highest BCUT2D eigenvalue weighted by molar-refractivity contribution is 9.10. The van der Waals surface area contributed by atoms with Crippen molar-refractivity contribution >= 4 is 21.6 Å². The molecule has 0 spiro atoms. The number of nitro benzene ring substituents is 1. The molecule has 0 amide bonds. The maximum Gasteiger partial charge on any atom is 0.287 e. The predicted molar refractivity (Wildman–Crippen MR) is 76.2 cm³/mol. The molecule has 0 aliphatic heterocycles. The Kier molecular flexibility index (Phi) is 4.50. The van der Waals surface area contributed by atoms with Crippen molar-refractivity contribution in [3.63, 3.8) is 0 Å². The van der Waals surface area contributed by atoms with Gasteiger partial charge in [-0.25, -0.2) is 4.39 Å². The van der Waals surface area contributed by atoms with Crippen LogP contribution < -0.4 is 4.74 Å². The van der Waals surface area contributed by atoms with E-state index in [0.717, 1.165) is 0 Å². The maximum atomic E-state index is 13.9. The molecule has 2 aromatic rings. The molecule has 0 aliphatic carbocycles. The zero-order chi connectivity index (χ0) is 15.4. The SMILES string of the molecule is N#Cc1cccc(COc2cccc([N+](=O)[O-])c2Br)c1F. The van der Waals surface area contributed by atoms with E-state index in [1.54, 1.807) is 12.1 Å². The molecule has 0 bridgehead atoms. The molecule has 0 heterocycles. The smallest absolute Gasteiger partial charge is 0.287 e. The predicted octanol–water partition coefficient (Wildman–Crippen LogP) is 3.95. The third kappa shape index (κ3) is 3.17. The summed E-state index contributed by atoms with van der Waals surface area (Å²) < 4.78 is 19.4. The average molecular weight is 351 g/mol. The van der Waals surface area contributed by atoms with Gasteiger partial charge in [-0.3, -0.25) is 10.1 Å². The molecule has 0 aliphatic rings. The van der Waals surface area contributed by atoms with E-state index in [2.05, 4.69) is 15.9 Å². The van der Waals surface area contributed by atoms with Gasteiger partial charge >= 0.3 is 0 Å². The van der Waals surface area contributed by atoms with Crippen LogP contribution in [0.25, 0.3) is 0 Å². The van der Waals surface area contributed by atoms with Crippen molar-refractivity contribution in [2.45, 2.75) is 6.61 Å². The molecule has 0 N–H and O–H groups in total. The lowest BCUT2D eigenvalue weighted by Crippen LogP contribution is -2.01. The van der Waals surface area contributed by atoms with Crippen LogP contribution in [-0.2, 0) is 6.61 Å². The highest BCUT2D eigenvalue weighted by atomic mass is 79.9. The first kappa shape index (κ1) is 14.9. The third-order valence-corrected chi connectivity index (χ3v) is 3.52. The molecule has 7 heteroatoms. The van der Waals surface area contributed by atoms with Gasteiger partial charge in [0.1, 0.15) is 28.7 Å². The third-order valence-electron chi connectivity index (χ3n) is 2.72. The summed E-state index contributed by atoms with van der Waals surface area (Å²) in [5.41, 5.74) is -0.0135. The summed E-state index contributed by atoms with van der Waals surface area (Å²) >= 11 is 3.09. The Balaban J connectivity index is 2.24. The topological polar surface area (TPSA) is 76.2 Å². The van der Waals surface area contributed by atoms with Gasteiger partial charge in [-0.1, -0.05) is 18.2 Å². The largest absolute Gasteiger partial charge is 0.487 e. The number of rotatable bonds is 4. The second kappa shape index (κ2) is 6.33.